The molecule has 0 aromatic carbocycles. The van der Waals surface area contributed by atoms with Gasteiger partial charge in [0.05, 0.1) is 0 Å². The molecular weight excluding hydrogens is 652 g/mol. The lowest BCUT2D eigenvalue weighted by molar-refractivity contribution is -0.216. The van der Waals surface area contributed by atoms with E-state index in [9.17, 15) is 24.3 Å². The van der Waals surface area contributed by atoms with E-state index in [1.165, 1.54) is 6.92 Å². The molecule has 0 radical (unpaired) electrons. The van der Waals surface area contributed by atoms with Crippen LogP contribution in [0, 0.1) is 0 Å². The summed E-state index contributed by atoms with van der Waals surface area (Å²) in [6, 6.07) is 0. The Bertz CT molecular complexity index is 1310. The molecule has 0 aliphatic carbocycles. The molecule has 8 aliphatic heterocycles. The molecule has 270 valence electrons. The third-order valence-corrected chi connectivity index (χ3v) is 8.28. The van der Waals surface area contributed by atoms with E-state index in [1.807, 2.05) is 0 Å². The van der Waals surface area contributed by atoms with Gasteiger partial charge in [-0.05, 0) is 34.6 Å². The molecule has 0 amide bonds. The van der Waals surface area contributed by atoms with E-state index < -0.39 is 128 Å². The molecule has 0 aromatic rings. The second-order valence-electron chi connectivity index (χ2n) is 12.8. The summed E-state index contributed by atoms with van der Waals surface area (Å²) in [5.74, 6) is -4.30. The summed E-state index contributed by atoms with van der Waals surface area (Å²) < 4.78 is 57.7. The van der Waals surface area contributed by atoms with E-state index in [-0.39, 0.29) is 13.0 Å². The second kappa shape index (κ2) is 12.8. The first-order valence-electron chi connectivity index (χ1n) is 14.8. The molecule has 0 saturated carbocycles. The predicted molar refractivity (Wildman–Crippen MR) is 147 cm³/mol. The van der Waals surface area contributed by atoms with E-state index in [4.69, 9.17) is 58.0 Å². The van der Waals surface area contributed by atoms with Gasteiger partial charge in [-0.15, -0.1) is 0 Å². The van der Waals surface area contributed by atoms with Gasteiger partial charge in [0, 0.05) is 5.57 Å². The zero-order valence-corrected chi connectivity index (χ0v) is 25.8. The molecule has 8 aliphatic rings. The number of fused-ring (bicyclic) bond motifs is 7. The van der Waals surface area contributed by atoms with Crippen LogP contribution in [0.1, 0.15) is 42.0 Å². The molecule has 19 heteroatoms. The lowest BCUT2D eigenvalue weighted by Crippen LogP contribution is -2.37. The minimum atomic E-state index is -1.40. The monoisotopic (exact) mass is 692 g/mol. The highest BCUT2D eigenvalue weighted by Crippen LogP contribution is 2.44. The number of rotatable bonds is 2. The lowest BCUT2D eigenvalue weighted by Gasteiger charge is -2.21. The molecule has 15 unspecified atom stereocenters. The molecule has 4 N–H and O–H groups in total. The highest BCUT2D eigenvalue weighted by molar-refractivity contribution is 5.90. The Morgan fingerprint density at radius 1 is 0.646 bits per heavy atom. The van der Waals surface area contributed by atoms with Crippen molar-refractivity contribution >= 4 is 23.9 Å². The number of aliphatic hydroxyl groups excluding tert-OH is 4. The third-order valence-electron chi connectivity index (χ3n) is 8.28. The van der Waals surface area contributed by atoms with Crippen molar-refractivity contribution in [3.05, 3.63) is 12.2 Å². The topological polar surface area (TPSA) is 251 Å². The summed E-state index contributed by atoms with van der Waals surface area (Å²) in [5, 5.41) is 36.6. The van der Waals surface area contributed by atoms with Crippen molar-refractivity contribution in [2.45, 2.75) is 146 Å². The Morgan fingerprint density at radius 2 is 1.08 bits per heavy atom. The maximum absolute atomic E-state index is 11.8. The number of carbonyl (C=O) groups excluding carboxylic acids is 4. The fraction of sp³-hybridized carbons (Fsp3) is 0.793. The molecule has 8 fully saturated rings. The van der Waals surface area contributed by atoms with Crippen molar-refractivity contribution in [2.75, 3.05) is 0 Å². The molecule has 8 rings (SSSR count). The van der Waals surface area contributed by atoms with Gasteiger partial charge in [-0.1, -0.05) is 14.0 Å². The van der Waals surface area contributed by atoms with Gasteiger partial charge in [-0.25, -0.2) is 19.2 Å². The van der Waals surface area contributed by atoms with Gasteiger partial charge in [0.15, 0.2) is 73.2 Å². The number of hydrogen-bond acceptors (Lipinski definition) is 19. The number of esters is 4. The molecule has 0 bridgehead atoms. The lowest BCUT2D eigenvalue weighted by atomic mass is 10.1. The SMILES string of the molecule is C.C=C(C)C(=O)OC1C(=O)OC2C3OC(C)(C)OC3OC12.CC1(C)OC2OC3C(O)C(=O)OC3C2O1.O=C1OC2C(O)C(O)OC2C1O. The average Bonchev–Trinajstić information content (AvgIpc) is 3.83. The van der Waals surface area contributed by atoms with Gasteiger partial charge < -0.3 is 72.5 Å². The van der Waals surface area contributed by atoms with E-state index in [0.717, 1.165) is 0 Å². The van der Waals surface area contributed by atoms with Gasteiger partial charge >= 0.3 is 23.9 Å². The largest absolute Gasteiger partial charge is 0.454 e. The van der Waals surface area contributed by atoms with Crippen molar-refractivity contribution in [1.82, 2.24) is 0 Å². The Labute approximate surface area is 273 Å². The maximum atomic E-state index is 11.8. The second-order valence-corrected chi connectivity index (χ2v) is 12.8. The number of aliphatic hydroxyl groups is 4. The van der Waals surface area contributed by atoms with Crippen LogP contribution in [0.25, 0.3) is 0 Å². The summed E-state index contributed by atoms with van der Waals surface area (Å²) in [6.07, 6.45) is -13.0. The summed E-state index contributed by atoms with van der Waals surface area (Å²) >= 11 is 0. The third kappa shape index (κ3) is 6.44. The summed E-state index contributed by atoms with van der Waals surface area (Å²) in [7, 11) is 0. The van der Waals surface area contributed by atoms with E-state index in [2.05, 4.69) is 16.1 Å². The van der Waals surface area contributed by atoms with Crippen molar-refractivity contribution in [3.8, 4) is 0 Å². The van der Waals surface area contributed by atoms with Crippen LogP contribution in [0.15, 0.2) is 12.2 Å². The maximum Gasteiger partial charge on any atom is 0.350 e. The molecule has 0 spiro atoms. The molecule has 8 heterocycles. The van der Waals surface area contributed by atoms with E-state index >= 15 is 0 Å². The molecule has 0 aromatic heterocycles. The van der Waals surface area contributed by atoms with Crippen molar-refractivity contribution in [2.24, 2.45) is 0 Å². The molecule has 48 heavy (non-hydrogen) atoms. The normalized spacial score (nSPS) is 46.2. The molecular formula is C29H40O19. The van der Waals surface area contributed by atoms with Crippen LogP contribution >= 0.6 is 0 Å². The zero-order chi connectivity index (χ0) is 34.3. The predicted octanol–water partition coefficient (Wildman–Crippen LogP) is -2.59. The van der Waals surface area contributed by atoms with Crippen LogP contribution in [0.3, 0.4) is 0 Å². The van der Waals surface area contributed by atoms with Gasteiger partial charge in [0.2, 0.25) is 6.10 Å². The smallest absolute Gasteiger partial charge is 0.350 e. The average molecular weight is 693 g/mol. The number of hydrogen-bond donors (Lipinski definition) is 4. The van der Waals surface area contributed by atoms with Gasteiger partial charge in [0.25, 0.3) is 0 Å². The number of carbonyl (C=O) groups is 4. The van der Waals surface area contributed by atoms with Crippen LogP contribution in [0.5, 0.6) is 0 Å². The van der Waals surface area contributed by atoms with Crippen LogP contribution in [-0.4, -0.2) is 148 Å². The highest BCUT2D eigenvalue weighted by Gasteiger charge is 2.65. The minimum Gasteiger partial charge on any atom is -0.454 e. The minimum absolute atomic E-state index is 0. The quantitative estimate of drug-likeness (QED) is 0.132. The Hall–Kier alpha value is -2.82. The van der Waals surface area contributed by atoms with Crippen molar-refractivity contribution < 1.29 is 91.7 Å². The molecule has 8 saturated heterocycles. The van der Waals surface area contributed by atoms with Crippen molar-refractivity contribution in [3.63, 3.8) is 0 Å². The Balaban J connectivity index is 0.000000144. The fourth-order valence-corrected chi connectivity index (χ4v) is 6.18. The van der Waals surface area contributed by atoms with Crippen molar-refractivity contribution in [1.29, 1.82) is 0 Å². The standard InChI is InChI=1S/C13H16O7.C9H12O6.C6H8O6.CH4/c1-5(2)10(14)17-8-6-7(16-11(8)15)9-12(18-6)20-13(3,4)19-9;1-9(2)14-6-5-4(13-8(6)15-9)3(10)7(11)12-5;7-1-3-4(12-5(1)9)2(8)6(10)11-3;/h6-9,12H,1H2,2-4H3;3-6,8,10H,1-2H3;1-5,7-9H;1H4. The van der Waals surface area contributed by atoms with Crippen LogP contribution < -0.4 is 0 Å². The Morgan fingerprint density at radius 3 is 1.58 bits per heavy atom. The van der Waals surface area contributed by atoms with E-state index in [0.29, 0.717) is 0 Å². The first-order valence-corrected chi connectivity index (χ1v) is 14.8. The van der Waals surface area contributed by atoms with Crippen LogP contribution in [-0.2, 0) is 71.3 Å². The van der Waals surface area contributed by atoms with Crippen LogP contribution in [0.2, 0.25) is 0 Å². The van der Waals surface area contributed by atoms with E-state index in [1.54, 1.807) is 27.7 Å². The first-order chi connectivity index (χ1) is 21.9. The number of ether oxygens (including phenoxy) is 11. The molecule has 19 nitrogen and oxygen atoms in total. The fourth-order valence-electron chi connectivity index (χ4n) is 6.18. The molecule has 15 atom stereocenters. The Kier molecular flexibility index (Phi) is 9.73. The summed E-state index contributed by atoms with van der Waals surface area (Å²) in [5.41, 5.74) is 0.202. The first kappa shape index (κ1) is 36.5. The highest BCUT2D eigenvalue weighted by atomic mass is 16.9. The summed E-state index contributed by atoms with van der Waals surface area (Å²) in [6.45, 7) is 12.0. The van der Waals surface area contributed by atoms with Crippen LogP contribution in [0.4, 0.5) is 0 Å². The summed E-state index contributed by atoms with van der Waals surface area (Å²) in [4.78, 5) is 45.1. The zero-order valence-electron chi connectivity index (χ0n) is 25.8. The van der Waals surface area contributed by atoms with Gasteiger partial charge in [0.1, 0.15) is 24.4 Å². The van der Waals surface area contributed by atoms with Gasteiger partial charge in [-0.3, -0.25) is 0 Å². The van der Waals surface area contributed by atoms with Gasteiger partial charge in [-0.2, -0.15) is 0 Å².